The van der Waals surface area contributed by atoms with Crippen LogP contribution in [0, 0.1) is 0 Å². The molecule has 0 saturated heterocycles. The summed E-state index contributed by atoms with van der Waals surface area (Å²) in [5.74, 6) is -1.01. The zero-order chi connectivity index (χ0) is 10.2. The van der Waals surface area contributed by atoms with Gasteiger partial charge in [0, 0.05) is 10.7 Å². The molecule has 1 aromatic rings. The molecule has 1 saturated carbocycles. The number of carboxylic acid groups (broad SMARTS) is 1. The second-order valence-corrected chi connectivity index (χ2v) is 4.50. The summed E-state index contributed by atoms with van der Waals surface area (Å²) >= 11 is 3.30. The molecule has 0 N–H and O–H groups in total. The third kappa shape index (κ3) is 2.28. The molecule has 74 valence electrons. The summed E-state index contributed by atoms with van der Waals surface area (Å²) < 4.78 is 0.857. The number of carboxylic acids is 1. The predicted octanol–water partition coefficient (Wildman–Crippen LogP) is -1.98. The van der Waals surface area contributed by atoms with Crippen molar-refractivity contribution < 1.29 is 39.5 Å². The van der Waals surface area contributed by atoms with Gasteiger partial charge in [-0.25, -0.2) is 0 Å². The Hall–Kier alpha value is 0.1000. The van der Waals surface area contributed by atoms with Crippen molar-refractivity contribution in [1.82, 2.24) is 4.98 Å². The van der Waals surface area contributed by atoms with Crippen molar-refractivity contribution in [2.45, 2.75) is 24.7 Å². The molecule has 1 heterocycles. The van der Waals surface area contributed by atoms with Crippen LogP contribution in [0.1, 0.15) is 25.0 Å². The number of rotatable bonds is 2. The van der Waals surface area contributed by atoms with E-state index in [9.17, 15) is 9.90 Å². The first-order valence-electron chi connectivity index (χ1n) is 4.49. The fraction of sp³-hybridized carbons (Fsp3) is 0.400. The number of hydrogen-bond donors (Lipinski definition) is 0. The average Bonchev–Trinajstić information content (AvgIpc) is 2.00. The van der Waals surface area contributed by atoms with Gasteiger partial charge in [0.05, 0.1) is 17.1 Å². The summed E-state index contributed by atoms with van der Waals surface area (Å²) in [6.07, 6.45) is 3.82. The zero-order valence-electron chi connectivity index (χ0n) is 8.50. The molecule has 2 rings (SSSR count). The van der Waals surface area contributed by atoms with Gasteiger partial charge in [-0.15, -0.1) is 0 Å². The van der Waals surface area contributed by atoms with E-state index in [4.69, 9.17) is 0 Å². The van der Waals surface area contributed by atoms with Crippen molar-refractivity contribution in [3.8, 4) is 0 Å². The Labute approximate surface area is 119 Å². The summed E-state index contributed by atoms with van der Waals surface area (Å²) in [6, 6.07) is 3.54. The quantitative estimate of drug-likeness (QED) is 0.589. The predicted molar refractivity (Wildman–Crippen MR) is 52.5 cm³/mol. The van der Waals surface area contributed by atoms with Gasteiger partial charge in [-0.2, -0.15) is 0 Å². The molecule has 0 unspecified atom stereocenters. The van der Waals surface area contributed by atoms with Crippen LogP contribution in [0.3, 0.4) is 0 Å². The summed E-state index contributed by atoms with van der Waals surface area (Å²) in [4.78, 5) is 15.2. The number of aliphatic carboxylic acids is 1. The van der Waals surface area contributed by atoms with Crippen LogP contribution >= 0.6 is 15.9 Å². The molecule has 0 spiro atoms. The Bertz CT molecular complexity index is 379. The fourth-order valence-corrected chi connectivity index (χ4v) is 2.10. The monoisotopic (exact) mass is 277 g/mol. The van der Waals surface area contributed by atoms with Gasteiger partial charge < -0.3 is 9.90 Å². The van der Waals surface area contributed by atoms with Crippen molar-refractivity contribution >= 4 is 21.9 Å². The van der Waals surface area contributed by atoms with Gasteiger partial charge in [0.2, 0.25) is 0 Å². The number of nitrogens with zero attached hydrogens (tertiary/aromatic N) is 1. The maximum Gasteiger partial charge on any atom is 1.00 e. The van der Waals surface area contributed by atoms with E-state index in [-0.39, 0.29) is 29.6 Å². The minimum Gasteiger partial charge on any atom is -0.549 e. The largest absolute Gasteiger partial charge is 1.00 e. The number of aromatic nitrogens is 1. The molecule has 1 aliphatic carbocycles. The molecule has 3 nitrogen and oxygen atoms in total. The Balaban J connectivity index is 0.00000112. The SMILES string of the molecule is O=C([O-])C1(c2cc(Br)ccn2)CCC1.[Na+]. The normalized spacial score (nSPS) is 17.4. The van der Waals surface area contributed by atoms with Gasteiger partial charge in [0.25, 0.3) is 0 Å². The maximum absolute atomic E-state index is 11.0. The van der Waals surface area contributed by atoms with Gasteiger partial charge in [-0.05, 0) is 25.0 Å². The van der Waals surface area contributed by atoms with Crippen LogP contribution in [0.25, 0.3) is 0 Å². The van der Waals surface area contributed by atoms with Crippen LogP contribution in [0.4, 0.5) is 0 Å². The third-order valence-corrected chi connectivity index (χ3v) is 3.30. The van der Waals surface area contributed by atoms with E-state index in [0.717, 1.165) is 10.9 Å². The summed E-state index contributed by atoms with van der Waals surface area (Å²) in [7, 11) is 0. The second-order valence-electron chi connectivity index (χ2n) is 3.58. The Morgan fingerprint density at radius 3 is 2.60 bits per heavy atom. The first-order valence-corrected chi connectivity index (χ1v) is 5.28. The molecule has 1 fully saturated rings. The molecule has 1 aliphatic rings. The fourth-order valence-electron chi connectivity index (χ4n) is 1.76. The molecule has 0 aromatic carbocycles. The van der Waals surface area contributed by atoms with Crippen LogP contribution in [-0.2, 0) is 10.2 Å². The van der Waals surface area contributed by atoms with E-state index in [1.165, 1.54) is 0 Å². The standard InChI is InChI=1S/C10H10BrNO2.Na/c11-7-2-5-12-8(6-7)10(9(13)14)3-1-4-10;/h2,5-6H,1,3-4H2,(H,13,14);/q;+1/p-1. The molecule has 0 aliphatic heterocycles. The first-order chi connectivity index (χ1) is 6.65. The van der Waals surface area contributed by atoms with Crippen molar-refractivity contribution in [1.29, 1.82) is 0 Å². The van der Waals surface area contributed by atoms with Crippen LogP contribution in [-0.4, -0.2) is 11.0 Å². The number of hydrogen-bond acceptors (Lipinski definition) is 3. The van der Waals surface area contributed by atoms with Gasteiger partial charge in [0.1, 0.15) is 0 Å². The average molecular weight is 278 g/mol. The summed E-state index contributed by atoms with van der Waals surface area (Å²) in [5, 5.41) is 11.0. The molecule has 5 heteroatoms. The van der Waals surface area contributed by atoms with Gasteiger partial charge >= 0.3 is 29.6 Å². The van der Waals surface area contributed by atoms with E-state index < -0.39 is 11.4 Å². The Kier molecular flexibility index (Phi) is 4.35. The Morgan fingerprint density at radius 1 is 1.53 bits per heavy atom. The molecule has 0 amide bonds. The number of halogens is 1. The van der Waals surface area contributed by atoms with Crippen LogP contribution in [0.2, 0.25) is 0 Å². The summed E-state index contributed by atoms with van der Waals surface area (Å²) in [6.45, 7) is 0. The summed E-state index contributed by atoms with van der Waals surface area (Å²) in [5.41, 5.74) is -0.220. The maximum atomic E-state index is 11.0. The smallest absolute Gasteiger partial charge is 0.549 e. The molecular weight excluding hydrogens is 269 g/mol. The number of pyridine rings is 1. The molecule has 0 radical (unpaired) electrons. The second kappa shape index (κ2) is 4.95. The first kappa shape index (κ1) is 13.2. The Morgan fingerprint density at radius 2 is 2.20 bits per heavy atom. The van der Waals surface area contributed by atoms with E-state index >= 15 is 0 Å². The minimum atomic E-state index is -1.01. The van der Waals surface area contributed by atoms with E-state index in [2.05, 4.69) is 20.9 Å². The van der Waals surface area contributed by atoms with E-state index in [1.807, 2.05) is 0 Å². The topological polar surface area (TPSA) is 53.0 Å². The third-order valence-electron chi connectivity index (χ3n) is 2.81. The van der Waals surface area contributed by atoms with E-state index in [0.29, 0.717) is 18.5 Å². The van der Waals surface area contributed by atoms with Crippen molar-refractivity contribution in [3.63, 3.8) is 0 Å². The van der Waals surface area contributed by atoms with E-state index in [1.54, 1.807) is 18.3 Å². The molecular formula is C10H9BrNNaO2. The zero-order valence-corrected chi connectivity index (χ0v) is 12.1. The molecule has 0 bridgehead atoms. The molecule has 0 atom stereocenters. The minimum absolute atomic E-state index is 0. The number of carbonyl (C=O) groups is 1. The van der Waals surface area contributed by atoms with Crippen LogP contribution < -0.4 is 34.7 Å². The molecule has 15 heavy (non-hydrogen) atoms. The van der Waals surface area contributed by atoms with Crippen molar-refractivity contribution in [3.05, 3.63) is 28.5 Å². The van der Waals surface area contributed by atoms with Gasteiger partial charge in [-0.3, -0.25) is 4.98 Å². The number of carbonyl (C=O) groups excluding carboxylic acids is 1. The van der Waals surface area contributed by atoms with Gasteiger partial charge in [-0.1, -0.05) is 22.4 Å². The van der Waals surface area contributed by atoms with Crippen LogP contribution in [0.15, 0.2) is 22.8 Å². The molecule has 1 aromatic heterocycles. The van der Waals surface area contributed by atoms with Crippen molar-refractivity contribution in [2.24, 2.45) is 0 Å². The van der Waals surface area contributed by atoms with Gasteiger partial charge in [0.15, 0.2) is 0 Å². The van der Waals surface area contributed by atoms with Crippen LogP contribution in [0.5, 0.6) is 0 Å². The van der Waals surface area contributed by atoms with Crippen molar-refractivity contribution in [2.75, 3.05) is 0 Å².